The molecule has 6 aromatic rings. The minimum Gasteiger partial charge on any atom is -0.478 e. The summed E-state index contributed by atoms with van der Waals surface area (Å²) in [7, 11) is 0. The Hall–Kier alpha value is -5.50. The second-order valence-electron chi connectivity index (χ2n) is 9.12. The van der Waals surface area contributed by atoms with Gasteiger partial charge in [0.2, 0.25) is 0 Å². The number of carboxylic acid groups (broad SMARTS) is 1. The summed E-state index contributed by atoms with van der Waals surface area (Å²) in [6.07, 6.45) is 0.611. The topological polar surface area (TPSA) is 116 Å². The minimum absolute atomic E-state index is 0.293. The highest BCUT2D eigenvalue weighted by Gasteiger charge is 2.11. The molecule has 4 N–H and O–H groups in total. The van der Waals surface area contributed by atoms with Crippen LogP contribution in [0, 0.1) is 0 Å². The molecule has 0 aliphatic carbocycles. The van der Waals surface area contributed by atoms with Crippen LogP contribution < -0.4 is 10.6 Å². The lowest BCUT2D eigenvalue weighted by Crippen LogP contribution is -1.99. The summed E-state index contributed by atoms with van der Waals surface area (Å²) in [5.74, 6) is -0.278. The third-order valence-electron chi connectivity index (χ3n) is 6.50. The number of nitrogens with zero attached hydrogens (tertiary/aromatic N) is 3. The molecule has 8 nitrogen and oxygen atoms in total. The average molecular weight is 513 g/mol. The van der Waals surface area contributed by atoms with Crippen LogP contribution >= 0.6 is 0 Å². The molecule has 1 heterocycles. The van der Waals surface area contributed by atoms with Crippen molar-refractivity contribution in [3.05, 3.63) is 126 Å². The second kappa shape index (κ2) is 10.5. The van der Waals surface area contributed by atoms with E-state index < -0.39 is 5.97 Å². The van der Waals surface area contributed by atoms with Gasteiger partial charge in [0.05, 0.1) is 5.56 Å². The van der Waals surface area contributed by atoms with Gasteiger partial charge in [0.1, 0.15) is 0 Å². The fourth-order valence-electron chi connectivity index (χ4n) is 4.61. The Kier molecular flexibility index (Phi) is 6.41. The number of nitrogens with one attached hydrogen (secondary N) is 3. The van der Waals surface area contributed by atoms with Crippen LogP contribution in [0.5, 0.6) is 0 Å². The zero-order chi connectivity index (χ0) is 26.6. The minimum atomic E-state index is -0.933. The third kappa shape index (κ3) is 5.30. The van der Waals surface area contributed by atoms with E-state index in [1.165, 1.54) is 0 Å². The molecule has 0 radical (unpaired) electrons. The lowest BCUT2D eigenvalue weighted by molar-refractivity contribution is 0.0699. The summed E-state index contributed by atoms with van der Waals surface area (Å²) in [4.78, 5) is 11.6. The number of aromatic amines is 1. The van der Waals surface area contributed by atoms with Crippen LogP contribution in [0.15, 0.2) is 109 Å². The van der Waals surface area contributed by atoms with Gasteiger partial charge in [0.25, 0.3) is 0 Å². The van der Waals surface area contributed by atoms with Gasteiger partial charge >= 0.3 is 5.97 Å². The number of rotatable bonds is 8. The molecule has 0 bridgehead atoms. The molecule has 39 heavy (non-hydrogen) atoms. The maximum Gasteiger partial charge on any atom is 0.336 e. The molecule has 0 saturated heterocycles. The van der Waals surface area contributed by atoms with Crippen LogP contribution in [0.1, 0.15) is 21.7 Å². The smallest absolute Gasteiger partial charge is 0.336 e. The Morgan fingerprint density at radius 3 is 2.08 bits per heavy atom. The van der Waals surface area contributed by atoms with Crippen LogP contribution in [0.3, 0.4) is 0 Å². The Labute approximate surface area is 224 Å². The van der Waals surface area contributed by atoms with Crippen molar-refractivity contribution in [2.45, 2.75) is 6.42 Å². The normalized spacial score (nSPS) is 10.9. The summed E-state index contributed by atoms with van der Waals surface area (Å²) in [5, 5.41) is 32.1. The number of aromatic nitrogens is 4. The van der Waals surface area contributed by atoms with E-state index in [1.807, 2.05) is 60.7 Å². The molecule has 0 atom stereocenters. The average Bonchev–Trinajstić information content (AvgIpc) is 3.47. The van der Waals surface area contributed by atoms with Crippen molar-refractivity contribution in [2.24, 2.45) is 0 Å². The first-order valence-electron chi connectivity index (χ1n) is 12.4. The first kappa shape index (κ1) is 23.9. The van der Waals surface area contributed by atoms with E-state index in [0.29, 0.717) is 23.2 Å². The largest absolute Gasteiger partial charge is 0.478 e. The predicted molar refractivity (Wildman–Crippen MR) is 153 cm³/mol. The molecule has 5 aromatic carbocycles. The highest BCUT2D eigenvalue weighted by Crippen LogP contribution is 2.31. The van der Waals surface area contributed by atoms with Gasteiger partial charge in [-0.25, -0.2) is 4.79 Å². The van der Waals surface area contributed by atoms with Gasteiger partial charge < -0.3 is 15.7 Å². The summed E-state index contributed by atoms with van der Waals surface area (Å²) >= 11 is 0. The van der Waals surface area contributed by atoms with Crippen molar-refractivity contribution in [2.75, 3.05) is 10.6 Å². The molecule has 8 heteroatoms. The molecule has 0 unspecified atom stereocenters. The molecule has 0 aliphatic heterocycles. The maximum absolute atomic E-state index is 11.6. The monoisotopic (exact) mass is 512 g/mol. The van der Waals surface area contributed by atoms with Crippen molar-refractivity contribution < 1.29 is 9.90 Å². The molecule has 6 rings (SSSR count). The van der Waals surface area contributed by atoms with E-state index in [9.17, 15) is 9.90 Å². The Morgan fingerprint density at radius 2 is 1.41 bits per heavy atom. The van der Waals surface area contributed by atoms with Crippen LogP contribution in [0.4, 0.5) is 22.7 Å². The molecular weight excluding hydrogens is 488 g/mol. The van der Waals surface area contributed by atoms with Crippen LogP contribution in [-0.4, -0.2) is 31.7 Å². The van der Waals surface area contributed by atoms with Gasteiger partial charge in [-0.05, 0) is 70.6 Å². The quantitative estimate of drug-likeness (QED) is 0.177. The van der Waals surface area contributed by atoms with Gasteiger partial charge in [-0.1, -0.05) is 65.9 Å². The highest BCUT2D eigenvalue weighted by atomic mass is 16.4. The summed E-state index contributed by atoms with van der Waals surface area (Å²) < 4.78 is 0. The van der Waals surface area contributed by atoms with Gasteiger partial charge in [0.15, 0.2) is 5.82 Å². The van der Waals surface area contributed by atoms with E-state index in [2.05, 4.69) is 73.7 Å². The van der Waals surface area contributed by atoms with E-state index in [0.717, 1.165) is 44.8 Å². The predicted octanol–water partition coefficient (Wildman–Crippen LogP) is 6.80. The van der Waals surface area contributed by atoms with Crippen LogP contribution in [-0.2, 0) is 6.42 Å². The highest BCUT2D eigenvalue weighted by molar-refractivity contribution is 6.08. The van der Waals surface area contributed by atoms with Gasteiger partial charge in [-0.2, -0.15) is 5.21 Å². The van der Waals surface area contributed by atoms with Crippen LogP contribution in [0.2, 0.25) is 0 Å². The number of carbonyl (C=O) groups is 1. The van der Waals surface area contributed by atoms with Crippen molar-refractivity contribution in [3.63, 3.8) is 0 Å². The molecule has 0 spiro atoms. The fraction of sp³-hybridized carbons (Fsp3) is 0.0323. The Bertz CT molecular complexity index is 1750. The number of H-pyrrole nitrogens is 1. The number of hydrogen-bond donors (Lipinski definition) is 4. The lowest BCUT2D eigenvalue weighted by atomic mass is 10.0. The number of tetrazole rings is 1. The van der Waals surface area contributed by atoms with Gasteiger partial charge in [-0.15, -0.1) is 10.2 Å². The molecular formula is C31H24N6O2. The number of aromatic carboxylic acids is 1. The van der Waals surface area contributed by atoms with Crippen LogP contribution in [0.25, 0.3) is 21.9 Å². The number of benzene rings is 5. The van der Waals surface area contributed by atoms with E-state index in [4.69, 9.17) is 0 Å². The molecule has 0 saturated carbocycles. The van der Waals surface area contributed by atoms with E-state index >= 15 is 0 Å². The van der Waals surface area contributed by atoms with Crippen molar-refractivity contribution in [1.82, 2.24) is 20.6 Å². The van der Waals surface area contributed by atoms with Crippen molar-refractivity contribution in [3.8, 4) is 11.1 Å². The SMILES string of the molecule is O=C(O)c1ccc(Nc2ccc(-c3ccc(Nc4cccc(Cc5nn[nH]n5)c4)cc3)cc2)c2ccccc12. The summed E-state index contributed by atoms with van der Waals surface area (Å²) in [6, 6.07) is 35.6. The first-order valence-corrected chi connectivity index (χ1v) is 12.4. The first-order chi connectivity index (χ1) is 19.1. The molecule has 0 amide bonds. The zero-order valence-corrected chi connectivity index (χ0v) is 20.8. The van der Waals surface area contributed by atoms with E-state index in [1.54, 1.807) is 6.07 Å². The van der Waals surface area contributed by atoms with Crippen molar-refractivity contribution in [1.29, 1.82) is 0 Å². The number of hydrogen-bond acceptors (Lipinski definition) is 6. The maximum atomic E-state index is 11.6. The fourth-order valence-corrected chi connectivity index (χ4v) is 4.61. The second-order valence-corrected chi connectivity index (χ2v) is 9.12. The van der Waals surface area contributed by atoms with Crippen molar-refractivity contribution >= 4 is 39.5 Å². The molecule has 1 aromatic heterocycles. The summed E-state index contributed by atoms with van der Waals surface area (Å²) in [6.45, 7) is 0. The molecule has 190 valence electrons. The molecule has 0 aliphatic rings. The lowest BCUT2D eigenvalue weighted by Gasteiger charge is -2.13. The standard InChI is InChI=1S/C31H24N6O2/c38-31(39)28-16-17-29(27-7-2-1-6-26(27)28)33-24-14-10-22(11-15-24)21-8-12-23(13-9-21)32-25-5-3-4-20(18-25)19-30-34-36-37-35-30/h1-18,32-33H,19H2,(H,38,39)(H,34,35,36,37). The molecule has 0 fully saturated rings. The zero-order valence-electron chi connectivity index (χ0n) is 20.8. The number of carboxylic acids is 1. The third-order valence-corrected chi connectivity index (χ3v) is 6.50. The Morgan fingerprint density at radius 1 is 0.718 bits per heavy atom. The van der Waals surface area contributed by atoms with E-state index in [-0.39, 0.29) is 0 Å². The van der Waals surface area contributed by atoms with Gasteiger partial charge in [0, 0.05) is 34.6 Å². The Balaban J connectivity index is 1.14. The summed E-state index contributed by atoms with van der Waals surface area (Å²) in [5.41, 5.74) is 7.35. The van der Waals surface area contributed by atoms with Gasteiger partial charge in [-0.3, -0.25) is 0 Å². The number of anilines is 4. The number of fused-ring (bicyclic) bond motifs is 1.